The van der Waals surface area contributed by atoms with Crippen molar-refractivity contribution in [3.63, 3.8) is 0 Å². The Bertz CT molecular complexity index is 225. The second-order valence-electron chi connectivity index (χ2n) is 4.69. The number of rotatable bonds is 4. The zero-order valence-electron chi connectivity index (χ0n) is 9.75. The minimum absolute atomic E-state index is 0.0180. The molecule has 15 heavy (non-hydrogen) atoms. The lowest BCUT2D eigenvalue weighted by molar-refractivity contribution is -0.124. The van der Waals surface area contributed by atoms with E-state index in [9.17, 15) is 4.79 Å². The number of carbonyl (C=O) groups is 1. The van der Waals surface area contributed by atoms with Crippen LogP contribution in [-0.2, 0) is 4.79 Å². The zero-order chi connectivity index (χ0) is 11.5. The lowest BCUT2D eigenvalue weighted by atomic mass is 10.0. The first-order valence-corrected chi connectivity index (χ1v) is 6.54. The molecule has 1 rings (SSSR count). The molecule has 0 aromatic carbocycles. The fourth-order valence-electron chi connectivity index (χ4n) is 1.70. The molecule has 1 saturated heterocycles. The number of hydrogen-bond acceptors (Lipinski definition) is 3. The van der Waals surface area contributed by atoms with Gasteiger partial charge in [0.15, 0.2) is 0 Å². The Balaban J connectivity index is 2.53. The maximum Gasteiger partial charge on any atom is 0.236 e. The van der Waals surface area contributed by atoms with Gasteiger partial charge in [-0.1, -0.05) is 13.8 Å². The predicted molar refractivity (Wildman–Crippen MR) is 64.0 cm³/mol. The van der Waals surface area contributed by atoms with Crippen LogP contribution in [0.15, 0.2) is 0 Å². The van der Waals surface area contributed by atoms with Crippen molar-refractivity contribution in [1.82, 2.24) is 5.32 Å². The van der Waals surface area contributed by atoms with Crippen LogP contribution in [0.25, 0.3) is 0 Å². The van der Waals surface area contributed by atoms with E-state index >= 15 is 0 Å². The summed E-state index contributed by atoms with van der Waals surface area (Å²) in [4.78, 5) is 12.0. The molecule has 0 aromatic rings. The van der Waals surface area contributed by atoms with Crippen molar-refractivity contribution >= 4 is 17.7 Å². The van der Waals surface area contributed by atoms with Gasteiger partial charge in [-0.15, -0.1) is 11.8 Å². The largest absolute Gasteiger partial charge is 0.394 e. The van der Waals surface area contributed by atoms with Crippen LogP contribution < -0.4 is 5.32 Å². The number of aliphatic hydroxyl groups excluding tert-OH is 1. The molecule has 0 spiro atoms. The van der Waals surface area contributed by atoms with Gasteiger partial charge in [-0.3, -0.25) is 4.79 Å². The van der Waals surface area contributed by atoms with E-state index in [4.69, 9.17) is 5.11 Å². The van der Waals surface area contributed by atoms with Gasteiger partial charge in [-0.05, 0) is 31.4 Å². The summed E-state index contributed by atoms with van der Waals surface area (Å²) in [6.07, 6.45) is 2.06. The highest BCUT2D eigenvalue weighted by molar-refractivity contribution is 8.01. The van der Waals surface area contributed by atoms with Crippen LogP contribution in [0.1, 0.15) is 33.6 Å². The lowest BCUT2D eigenvalue weighted by Crippen LogP contribution is -2.48. The Labute approximate surface area is 96.0 Å². The van der Waals surface area contributed by atoms with E-state index in [1.807, 2.05) is 20.8 Å². The van der Waals surface area contributed by atoms with E-state index in [1.165, 1.54) is 0 Å². The fourth-order valence-corrected chi connectivity index (χ4v) is 2.92. The zero-order valence-corrected chi connectivity index (χ0v) is 10.6. The molecule has 2 N–H and O–H groups in total. The third kappa shape index (κ3) is 3.11. The van der Waals surface area contributed by atoms with Crippen LogP contribution in [0.3, 0.4) is 0 Å². The first-order valence-electron chi connectivity index (χ1n) is 5.55. The van der Waals surface area contributed by atoms with Crippen LogP contribution >= 0.6 is 11.8 Å². The average Bonchev–Trinajstić information content (AvgIpc) is 2.61. The second-order valence-corrected chi connectivity index (χ2v) is 6.29. The molecule has 1 amide bonds. The number of hydrogen-bond donors (Lipinski definition) is 2. The van der Waals surface area contributed by atoms with E-state index in [2.05, 4.69) is 5.32 Å². The van der Waals surface area contributed by atoms with E-state index < -0.39 is 0 Å². The van der Waals surface area contributed by atoms with Crippen molar-refractivity contribution in [2.24, 2.45) is 5.92 Å². The highest BCUT2D eigenvalue weighted by Gasteiger charge is 2.38. The van der Waals surface area contributed by atoms with Gasteiger partial charge in [0, 0.05) is 0 Å². The van der Waals surface area contributed by atoms with Crippen molar-refractivity contribution in [2.45, 2.75) is 44.4 Å². The van der Waals surface area contributed by atoms with Gasteiger partial charge < -0.3 is 10.4 Å². The van der Waals surface area contributed by atoms with Crippen LogP contribution in [0.5, 0.6) is 0 Å². The molecule has 88 valence electrons. The quantitative estimate of drug-likeness (QED) is 0.769. The Hall–Kier alpha value is -0.220. The van der Waals surface area contributed by atoms with E-state index in [-0.39, 0.29) is 29.2 Å². The smallest absolute Gasteiger partial charge is 0.236 e. The fraction of sp³-hybridized carbons (Fsp3) is 0.909. The highest BCUT2D eigenvalue weighted by atomic mass is 32.2. The summed E-state index contributed by atoms with van der Waals surface area (Å²) in [5.41, 5.74) is 0. The summed E-state index contributed by atoms with van der Waals surface area (Å²) in [5.74, 6) is 1.42. The SMILES string of the molecule is CC(C)C(CO)NC(=O)C1(C)CCCS1. The summed E-state index contributed by atoms with van der Waals surface area (Å²) >= 11 is 1.72. The summed E-state index contributed by atoms with van der Waals surface area (Å²) < 4.78 is -0.275. The summed E-state index contributed by atoms with van der Waals surface area (Å²) in [7, 11) is 0. The van der Waals surface area contributed by atoms with Gasteiger partial charge >= 0.3 is 0 Å². The number of thioether (sulfide) groups is 1. The molecule has 0 bridgehead atoms. The number of amides is 1. The second kappa shape index (κ2) is 5.21. The van der Waals surface area contributed by atoms with Crippen LogP contribution in [0.2, 0.25) is 0 Å². The topological polar surface area (TPSA) is 49.3 Å². The molecule has 1 heterocycles. The van der Waals surface area contributed by atoms with Gasteiger partial charge in [-0.2, -0.15) is 0 Å². The van der Waals surface area contributed by atoms with Crippen molar-refractivity contribution in [2.75, 3.05) is 12.4 Å². The van der Waals surface area contributed by atoms with Crippen LogP contribution in [0.4, 0.5) is 0 Å². The molecule has 0 radical (unpaired) electrons. The van der Waals surface area contributed by atoms with Crippen molar-refractivity contribution in [3.8, 4) is 0 Å². The molecule has 1 fully saturated rings. The first kappa shape index (κ1) is 12.8. The number of aliphatic hydroxyl groups is 1. The molecule has 2 atom stereocenters. The van der Waals surface area contributed by atoms with E-state index in [0.29, 0.717) is 0 Å². The van der Waals surface area contributed by atoms with Crippen LogP contribution in [0, 0.1) is 5.92 Å². The molecule has 0 saturated carbocycles. The third-order valence-electron chi connectivity index (χ3n) is 3.02. The number of carbonyl (C=O) groups excluding carboxylic acids is 1. The van der Waals surface area contributed by atoms with E-state index in [0.717, 1.165) is 18.6 Å². The molecule has 3 nitrogen and oxygen atoms in total. The molecule has 4 heteroatoms. The summed E-state index contributed by atoms with van der Waals surface area (Å²) in [6.45, 7) is 6.02. The van der Waals surface area contributed by atoms with Gasteiger partial charge in [0.2, 0.25) is 5.91 Å². The van der Waals surface area contributed by atoms with Crippen molar-refractivity contribution in [3.05, 3.63) is 0 Å². The van der Waals surface area contributed by atoms with Gasteiger partial charge in [0.05, 0.1) is 17.4 Å². The molecule has 1 aliphatic rings. The highest BCUT2D eigenvalue weighted by Crippen LogP contribution is 2.37. The van der Waals surface area contributed by atoms with Gasteiger partial charge in [0.25, 0.3) is 0 Å². The first-order chi connectivity index (χ1) is 6.99. The van der Waals surface area contributed by atoms with Gasteiger partial charge in [-0.25, -0.2) is 0 Å². The lowest BCUT2D eigenvalue weighted by Gasteiger charge is -2.27. The standard InChI is InChI=1S/C11H21NO2S/c1-8(2)9(7-13)12-10(14)11(3)5-4-6-15-11/h8-9,13H,4-7H2,1-3H3,(H,12,14). The number of nitrogens with one attached hydrogen (secondary N) is 1. The van der Waals surface area contributed by atoms with Gasteiger partial charge in [0.1, 0.15) is 0 Å². The molecule has 0 aliphatic carbocycles. The summed E-state index contributed by atoms with van der Waals surface area (Å²) in [6, 6.07) is -0.115. The summed E-state index contributed by atoms with van der Waals surface area (Å²) in [5, 5.41) is 12.1. The van der Waals surface area contributed by atoms with E-state index in [1.54, 1.807) is 11.8 Å². The Kier molecular flexibility index (Phi) is 4.46. The Morgan fingerprint density at radius 1 is 1.60 bits per heavy atom. The van der Waals surface area contributed by atoms with Crippen molar-refractivity contribution in [1.29, 1.82) is 0 Å². The normalized spacial score (nSPS) is 28.1. The molecule has 2 unspecified atom stereocenters. The van der Waals surface area contributed by atoms with Crippen LogP contribution in [-0.4, -0.2) is 34.2 Å². The molecule has 0 aromatic heterocycles. The third-order valence-corrected chi connectivity index (χ3v) is 4.54. The Morgan fingerprint density at radius 2 is 2.27 bits per heavy atom. The minimum atomic E-state index is -0.275. The minimum Gasteiger partial charge on any atom is -0.394 e. The molecular formula is C11H21NO2S. The maximum absolute atomic E-state index is 12.0. The maximum atomic E-state index is 12.0. The molecule has 1 aliphatic heterocycles. The van der Waals surface area contributed by atoms with Crippen molar-refractivity contribution < 1.29 is 9.90 Å². The monoisotopic (exact) mass is 231 g/mol. The predicted octanol–water partition coefficient (Wildman–Crippen LogP) is 1.41. The molecular weight excluding hydrogens is 210 g/mol. The Morgan fingerprint density at radius 3 is 2.67 bits per heavy atom. The average molecular weight is 231 g/mol.